The van der Waals surface area contributed by atoms with E-state index in [1.54, 1.807) is 34.0 Å². The maximum Gasteiger partial charge on any atom is 0.326 e. The highest BCUT2D eigenvalue weighted by Gasteiger charge is 2.35. The lowest BCUT2D eigenvalue weighted by atomic mass is 10.0. The number of hydrogen-bond donors (Lipinski definition) is 18. The van der Waals surface area contributed by atoms with Crippen molar-refractivity contribution in [3.8, 4) is 5.75 Å². The number of carboxylic acid groups (broad SMARTS) is 1. The Bertz CT molecular complexity index is 2410. The fraction of sp³-hybridized carbons (Fsp3) is 0.608. The molecule has 0 spiro atoms. The fourth-order valence-corrected chi connectivity index (χ4v) is 8.32. The van der Waals surface area contributed by atoms with Crippen LogP contribution in [-0.4, -0.2) is 195 Å². The molecular weight excluding hydrogens is 1090 g/mol. The molecule has 0 radical (unpaired) electrons. The summed E-state index contributed by atoms with van der Waals surface area (Å²) in [6.45, 7) is 4.35. The van der Waals surface area contributed by atoms with Gasteiger partial charge in [0.25, 0.3) is 0 Å². The number of aliphatic carboxylic acids is 1. The Kier molecular flexibility index (Phi) is 32.2. The van der Waals surface area contributed by atoms with E-state index in [0.717, 1.165) is 0 Å². The van der Waals surface area contributed by atoms with Gasteiger partial charge in [0.15, 0.2) is 5.96 Å². The van der Waals surface area contributed by atoms with E-state index in [4.69, 9.17) is 22.9 Å². The minimum atomic E-state index is -1.77. The Labute approximate surface area is 479 Å². The molecule has 30 nitrogen and oxygen atoms in total. The molecule has 22 N–H and O–H groups in total. The summed E-state index contributed by atoms with van der Waals surface area (Å²) in [6.07, 6.45) is 5.80. The van der Waals surface area contributed by atoms with E-state index in [-0.39, 0.29) is 62.7 Å². The maximum absolute atomic E-state index is 14.0. The molecule has 0 aliphatic carbocycles. The lowest BCUT2D eigenvalue weighted by Crippen LogP contribution is -2.61. The molecule has 0 saturated carbocycles. The minimum Gasteiger partial charge on any atom is -0.508 e. The number of aromatic nitrogens is 2. The van der Waals surface area contributed by atoms with Gasteiger partial charge in [-0.3, -0.25) is 48.1 Å². The number of aromatic amines is 1. The van der Waals surface area contributed by atoms with Gasteiger partial charge in [-0.05, 0) is 86.6 Å². The number of aliphatic imine (C=N–C) groups is 1. The number of thioether (sulfide) groups is 1. The number of carboxylic acids is 1. The standard InChI is InChI=1S/C51H84N16O14S/c1-27(2)19-35(63-42(72)32(53)9-6-7-16-52)45(75)65-39(25-69)48(78)66-38(24-68)47(77)61-33(10-8-17-57-51(54)55)44(74)67-41(28(3)4)49(79)58-23-40(71)60-36(20-29-11-13-31(70)14-12-29)46(76)62-34(15-18-82-5)43(73)64-37(50(80)81)21-30-22-56-26-59-30/h11-14,22,26-28,32-39,41,68-70H,6-10,15-21,23-25,52-53H2,1-5H3,(H,56,59)(H,58,79)(H,60,71)(H,61,77)(H,62,76)(H,63,72)(H,64,73)(H,65,75)(H,66,78)(H,67,74)(H,80,81)(H4,54,55,57)/t32-,33-,34-,35-,36-,37-,38-,39-,41-/m0/s1. The molecule has 2 aromatic rings. The van der Waals surface area contributed by atoms with E-state index in [0.29, 0.717) is 42.8 Å². The first-order chi connectivity index (χ1) is 38.8. The highest BCUT2D eigenvalue weighted by Crippen LogP contribution is 2.14. The van der Waals surface area contributed by atoms with Gasteiger partial charge in [0, 0.05) is 31.3 Å². The molecule has 0 fully saturated rings. The molecule has 82 heavy (non-hydrogen) atoms. The van der Waals surface area contributed by atoms with E-state index in [1.165, 1.54) is 48.6 Å². The number of aliphatic hydroxyl groups excluding tert-OH is 2. The fourth-order valence-electron chi connectivity index (χ4n) is 7.85. The van der Waals surface area contributed by atoms with Crippen LogP contribution in [0.2, 0.25) is 0 Å². The van der Waals surface area contributed by atoms with Gasteiger partial charge in [-0.1, -0.05) is 46.2 Å². The van der Waals surface area contributed by atoms with Gasteiger partial charge in [-0.15, -0.1) is 0 Å². The molecule has 0 aliphatic heterocycles. The van der Waals surface area contributed by atoms with Crippen LogP contribution in [0.4, 0.5) is 0 Å². The first-order valence-corrected chi connectivity index (χ1v) is 28.1. The summed E-state index contributed by atoms with van der Waals surface area (Å²) in [5.74, 6) is -10.2. The number of guanidine groups is 1. The zero-order chi connectivity index (χ0) is 61.5. The van der Waals surface area contributed by atoms with Crippen LogP contribution in [0.15, 0.2) is 41.8 Å². The van der Waals surface area contributed by atoms with E-state index < -0.39 is 139 Å². The normalized spacial score (nSPS) is 14.4. The molecule has 0 aliphatic rings. The van der Waals surface area contributed by atoms with Crippen molar-refractivity contribution in [2.45, 2.75) is 140 Å². The number of hydrogen-bond acceptors (Lipinski definition) is 18. The number of phenols is 1. The van der Waals surface area contributed by atoms with Crippen molar-refractivity contribution in [2.75, 3.05) is 44.9 Å². The topological polar surface area (TPSA) is 505 Å². The third-order valence-corrected chi connectivity index (χ3v) is 13.0. The van der Waals surface area contributed by atoms with Crippen LogP contribution in [0.1, 0.15) is 83.9 Å². The smallest absolute Gasteiger partial charge is 0.326 e. The highest BCUT2D eigenvalue weighted by atomic mass is 32.2. The summed E-state index contributed by atoms with van der Waals surface area (Å²) in [5.41, 5.74) is 23.4. The number of carbonyl (C=O) groups is 10. The third kappa shape index (κ3) is 26.3. The number of rotatable bonds is 39. The second-order valence-electron chi connectivity index (χ2n) is 20.0. The van der Waals surface area contributed by atoms with Gasteiger partial charge >= 0.3 is 5.97 Å². The van der Waals surface area contributed by atoms with Crippen LogP contribution < -0.4 is 70.8 Å². The summed E-state index contributed by atoms with van der Waals surface area (Å²) < 4.78 is 0. The van der Waals surface area contributed by atoms with Crippen molar-refractivity contribution >= 4 is 76.9 Å². The SMILES string of the molecule is CSCC[C@H](NC(=O)[C@H](Cc1ccc(O)cc1)NC(=O)CNC(=O)[C@@H](NC(=O)[C@H](CCCN=C(N)N)NC(=O)[C@H](CO)NC(=O)[C@H](CO)NC(=O)[C@H](CC(C)C)NC(=O)[C@@H](N)CCCCN)C(C)C)C(=O)N[C@@H](Cc1cnc[nH]1)C(=O)O. The van der Waals surface area contributed by atoms with Gasteiger partial charge < -0.3 is 96.2 Å². The zero-order valence-electron chi connectivity index (χ0n) is 46.9. The van der Waals surface area contributed by atoms with Crippen LogP contribution >= 0.6 is 11.8 Å². The molecule has 0 saturated heterocycles. The molecule has 1 aromatic carbocycles. The second kappa shape index (κ2) is 37.4. The molecule has 2 rings (SSSR count). The number of carbonyl (C=O) groups excluding carboxylic acids is 9. The number of nitrogens with two attached hydrogens (primary N) is 4. The Morgan fingerprint density at radius 1 is 0.646 bits per heavy atom. The Balaban J connectivity index is 2.27. The predicted octanol–water partition coefficient (Wildman–Crippen LogP) is -5.07. The second-order valence-corrected chi connectivity index (χ2v) is 21.0. The van der Waals surface area contributed by atoms with E-state index >= 15 is 0 Å². The number of nitrogens with zero attached hydrogens (tertiary/aromatic N) is 2. The highest BCUT2D eigenvalue weighted by molar-refractivity contribution is 7.98. The lowest BCUT2D eigenvalue weighted by Gasteiger charge is -2.27. The summed E-state index contributed by atoms with van der Waals surface area (Å²) in [6, 6.07) is -6.79. The number of aliphatic hydroxyl groups is 2. The van der Waals surface area contributed by atoms with E-state index in [2.05, 4.69) is 62.8 Å². The first kappa shape index (κ1) is 70.5. The molecule has 9 amide bonds. The van der Waals surface area contributed by atoms with Crippen LogP contribution in [0, 0.1) is 11.8 Å². The van der Waals surface area contributed by atoms with Crippen LogP contribution in [0.3, 0.4) is 0 Å². The van der Waals surface area contributed by atoms with Crippen molar-refractivity contribution in [3.63, 3.8) is 0 Å². The summed E-state index contributed by atoms with van der Waals surface area (Å²) in [5, 5.41) is 62.4. The molecule has 9 atom stereocenters. The number of benzene rings is 1. The molecule has 458 valence electrons. The van der Waals surface area contributed by atoms with Gasteiger partial charge in [0.1, 0.15) is 54.1 Å². The summed E-state index contributed by atoms with van der Waals surface area (Å²) in [7, 11) is 0. The maximum atomic E-state index is 14.0. The number of amides is 9. The van der Waals surface area contributed by atoms with Gasteiger partial charge in [0.05, 0.1) is 32.1 Å². The Morgan fingerprint density at radius 2 is 1.18 bits per heavy atom. The van der Waals surface area contributed by atoms with Crippen molar-refractivity contribution in [3.05, 3.63) is 48.0 Å². The average Bonchev–Trinajstić information content (AvgIpc) is 3.97. The van der Waals surface area contributed by atoms with E-state index in [9.17, 15) is 68.4 Å². The average molecular weight is 1180 g/mol. The molecule has 1 heterocycles. The molecule has 0 unspecified atom stereocenters. The molecular formula is C51H84N16O14S. The van der Waals surface area contributed by atoms with Crippen LogP contribution in [0.5, 0.6) is 5.75 Å². The number of aromatic hydroxyl groups is 1. The third-order valence-electron chi connectivity index (χ3n) is 12.4. The number of imidazole rings is 1. The summed E-state index contributed by atoms with van der Waals surface area (Å²) >= 11 is 1.36. The number of phenolic OH excluding ortho intramolecular Hbond substituents is 1. The quantitative estimate of drug-likeness (QED) is 0.0169. The van der Waals surface area contributed by atoms with Gasteiger partial charge in [-0.25, -0.2) is 9.78 Å². The number of unbranched alkanes of at least 4 members (excludes halogenated alkanes) is 1. The van der Waals surface area contributed by atoms with Crippen molar-refractivity contribution in [2.24, 2.45) is 39.8 Å². The van der Waals surface area contributed by atoms with Crippen LogP contribution in [0.25, 0.3) is 0 Å². The summed E-state index contributed by atoms with van der Waals surface area (Å²) in [4.78, 5) is 145. The predicted molar refractivity (Wildman–Crippen MR) is 302 cm³/mol. The number of nitrogens with one attached hydrogen (secondary N) is 10. The minimum absolute atomic E-state index is 0.0169. The first-order valence-electron chi connectivity index (χ1n) is 26.7. The van der Waals surface area contributed by atoms with Crippen LogP contribution in [-0.2, 0) is 60.8 Å². The van der Waals surface area contributed by atoms with E-state index in [1.807, 2.05) is 0 Å². The lowest BCUT2D eigenvalue weighted by molar-refractivity contribution is -0.142. The molecule has 1 aromatic heterocycles. The van der Waals surface area contributed by atoms with Crippen molar-refractivity contribution in [1.29, 1.82) is 0 Å². The Morgan fingerprint density at radius 3 is 1.71 bits per heavy atom. The van der Waals surface area contributed by atoms with Crippen molar-refractivity contribution in [1.82, 2.24) is 57.8 Å². The Hall–Kier alpha value is -7.61. The van der Waals surface area contributed by atoms with Gasteiger partial charge in [-0.2, -0.15) is 11.8 Å². The monoisotopic (exact) mass is 1180 g/mol. The van der Waals surface area contributed by atoms with Crippen molar-refractivity contribution < 1.29 is 68.4 Å². The number of H-pyrrole nitrogens is 1. The molecule has 0 bridgehead atoms. The molecule has 31 heteroatoms. The largest absolute Gasteiger partial charge is 0.508 e. The van der Waals surface area contributed by atoms with Gasteiger partial charge in [0.2, 0.25) is 53.2 Å². The zero-order valence-corrected chi connectivity index (χ0v) is 47.7.